The van der Waals surface area contributed by atoms with Gasteiger partial charge in [0.05, 0.1) is 5.56 Å². The van der Waals surface area contributed by atoms with Crippen LogP contribution in [0.3, 0.4) is 0 Å². The number of ether oxygens (including phenoxy) is 1. The second kappa shape index (κ2) is 34.4. The highest BCUT2D eigenvalue weighted by atomic mass is 32.1. The SMILES string of the molecule is C[C@H](CCCCNC(=S)Nc1ccc(C2=C3C=C(C=O)CC=C3Oc3cc(O)ccc32)c(C(=O)O)c1)NC(=O)[C@H](CCCNC(=N)N)NC(=O)[C@H](Cc1ccccc1)NC(=O)CC(C)(C)CCC(C)(C)NC(=O)CC[C@H](NC(=O)N[C@@H](CCC(=O)O)C(=O)O)C(=O)O. The van der Waals surface area contributed by atoms with Crippen LogP contribution in [-0.2, 0) is 44.8 Å². The Morgan fingerprint density at radius 2 is 1.37 bits per heavy atom. The first kappa shape index (κ1) is 72.9. The van der Waals surface area contributed by atoms with Gasteiger partial charge >= 0.3 is 29.9 Å². The molecule has 1 aliphatic carbocycles. The Morgan fingerprint density at radius 1 is 0.717 bits per heavy atom. The van der Waals surface area contributed by atoms with Crippen LogP contribution in [-0.4, -0.2) is 145 Å². The second-order valence-electron chi connectivity index (χ2n) is 24.0. The number of phenols is 1. The fraction of sp³-hybridized carbons (Fsp3) is 0.438. The normalized spacial score (nSPS) is 14.2. The Kier molecular flexibility index (Phi) is 27.2. The standard InChI is InChI=1S/C64H83N11O16S/c1-36(12-9-10-28-68-62(92)70-39-17-19-41(43(32-39)57(84)85)54-42-20-18-40(77)33-50(42)91-49-23-16-38(35-76)30-44(49)54)69-55(82)45(15-11-29-67-60(65)66)72-56(83)48(31-37-13-7-6-8-14-37)71-52(79)34-63(2,3)26-27-64(4,5)75-51(78)24-21-46(58(86)87)73-61(90)74-47(59(88)89)22-25-53(80)81/h6-8,13-14,17-20,23,30,32-33,35-36,45-48,77H,9-12,15-16,21-22,24-29,31,34H2,1-5H3,(H,69,82)(H,71,79)(H,72,83)(H,75,78)(H,80,81)(H,84,85)(H,86,87)(H,88,89)(H4,65,66,67)(H2,68,70,92)(H2,73,74,90)/t36-,45+,46+,47+,48+/m1/s1. The van der Waals surface area contributed by atoms with E-state index in [1.807, 2.05) is 26.1 Å². The van der Waals surface area contributed by atoms with E-state index in [1.54, 1.807) is 74.5 Å². The summed E-state index contributed by atoms with van der Waals surface area (Å²) >= 11 is 5.57. The molecule has 2 aliphatic rings. The minimum absolute atomic E-state index is 0.0404. The summed E-state index contributed by atoms with van der Waals surface area (Å²) in [7, 11) is 0. The van der Waals surface area contributed by atoms with Crippen molar-refractivity contribution < 1.29 is 78.2 Å². The predicted molar refractivity (Wildman–Crippen MR) is 344 cm³/mol. The topological polar surface area (TPSA) is 439 Å². The molecule has 0 unspecified atom stereocenters. The quantitative estimate of drug-likeness (QED) is 0.0119. The number of hydrogen-bond donors (Lipinski definition) is 16. The lowest BCUT2D eigenvalue weighted by atomic mass is 9.80. The number of thiocarbonyl (C=S) groups is 1. The number of benzene rings is 3. The fourth-order valence-corrected chi connectivity index (χ4v) is 10.4. The van der Waals surface area contributed by atoms with E-state index in [-0.39, 0.29) is 67.1 Å². The van der Waals surface area contributed by atoms with Gasteiger partial charge in [-0.25, -0.2) is 19.2 Å². The van der Waals surface area contributed by atoms with Crippen LogP contribution in [0.1, 0.15) is 145 Å². The van der Waals surface area contributed by atoms with Crippen LogP contribution in [0.5, 0.6) is 11.5 Å². The zero-order valence-corrected chi connectivity index (χ0v) is 52.8. The van der Waals surface area contributed by atoms with Gasteiger partial charge in [0.15, 0.2) is 11.1 Å². The molecule has 0 saturated heterocycles. The first-order valence-electron chi connectivity index (χ1n) is 30.0. The van der Waals surface area contributed by atoms with Crippen molar-refractivity contribution in [2.75, 3.05) is 18.4 Å². The molecule has 5 atom stereocenters. The molecule has 0 radical (unpaired) electrons. The summed E-state index contributed by atoms with van der Waals surface area (Å²) in [6, 6.07) is 11.4. The Labute approximate surface area is 537 Å². The van der Waals surface area contributed by atoms with Gasteiger partial charge in [0, 0.05) is 78.8 Å². The van der Waals surface area contributed by atoms with Gasteiger partial charge in [0.25, 0.3) is 0 Å². The molecule has 0 spiro atoms. The maximum absolute atomic E-state index is 14.3. The van der Waals surface area contributed by atoms with Crippen LogP contribution in [0.2, 0.25) is 0 Å². The van der Waals surface area contributed by atoms with Crippen LogP contribution >= 0.6 is 12.2 Å². The van der Waals surface area contributed by atoms with E-state index in [9.17, 15) is 68.4 Å². The monoisotopic (exact) mass is 1290 g/mol. The minimum Gasteiger partial charge on any atom is -0.508 e. The number of carboxylic acids is 4. The number of phenolic OH excluding ortho intramolecular Hbond substituents is 1. The number of nitrogens with one attached hydrogen (secondary N) is 10. The second-order valence-corrected chi connectivity index (χ2v) is 24.4. The predicted octanol–water partition coefficient (Wildman–Crippen LogP) is 5.08. The summed E-state index contributed by atoms with van der Waals surface area (Å²) in [5.41, 5.74) is 7.41. The lowest BCUT2D eigenvalue weighted by molar-refractivity contribution is -0.141. The maximum atomic E-state index is 14.3. The van der Waals surface area contributed by atoms with Gasteiger partial charge in [0.2, 0.25) is 23.6 Å². The molecule has 28 heteroatoms. The lowest BCUT2D eigenvalue weighted by Gasteiger charge is -2.32. The molecule has 27 nitrogen and oxygen atoms in total. The number of carbonyl (C=O) groups excluding carboxylic acids is 6. The van der Waals surface area contributed by atoms with Crippen LogP contribution in [0.25, 0.3) is 5.57 Å². The number of fused-ring (bicyclic) bond motifs is 2. The lowest BCUT2D eigenvalue weighted by Crippen LogP contribution is -2.55. The molecule has 17 N–H and O–H groups in total. The number of rotatable bonds is 36. The molecule has 92 heavy (non-hydrogen) atoms. The van der Waals surface area contributed by atoms with Crippen molar-refractivity contribution in [3.05, 3.63) is 118 Å². The highest BCUT2D eigenvalue weighted by molar-refractivity contribution is 7.80. The van der Waals surface area contributed by atoms with Crippen LogP contribution in [0.4, 0.5) is 10.5 Å². The Hall–Kier alpha value is -9.86. The van der Waals surface area contributed by atoms with Crippen molar-refractivity contribution in [3.8, 4) is 11.5 Å². The summed E-state index contributed by atoms with van der Waals surface area (Å²) in [6.07, 6.45) is 5.76. The van der Waals surface area contributed by atoms with Crippen molar-refractivity contribution in [1.82, 2.24) is 42.5 Å². The number of guanidine groups is 1. The molecule has 1 aliphatic heterocycles. The third kappa shape index (κ3) is 23.8. The number of carboxylic acid groups (broad SMARTS) is 4. The number of aromatic carboxylic acids is 1. The summed E-state index contributed by atoms with van der Waals surface area (Å²) in [5, 5.41) is 81.0. The molecule has 0 fully saturated rings. The molecule has 0 aromatic heterocycles. The molecule has 3 aromatic rings. The third-order valence-electron chi connectivity index (χ3n) is 15.1. The van der Waals surface area contributed by atoms with E-state index in [1.165, 1.54) is 18.2 Å². The molecule has 1 heterocycles. The smallest absolute Gasteiger partial charge is 0.336 e. The summed E-state index contributed by atoms with van der Waals surface area (Å²) in [6.45, 7) is 9.66. The summed E-state index contributed by atoms with van der Waals surface area (Å²) in [4.78, 5) is 127. The number of nitrogens with two attached hydrogens (primary N) is 1. The Morgan fingerprint density at radius 3 is 2.01 bits per heavy atom. The van der Waals surface area contributed by atoms with Crippen molar-refractivity contribution in [1.29, 1.82) is 5.41 Å². The number of amides is 6. The zero-order valence-electron chi connectivity index (χ0n) is 52.0. The highest BCUT2D eigenvalue weighted by Crippen LogP contribution is 2.46. The van der Waals surface area contributed by atoms with Crippen molar-refractivity contribution in [2.24, 2.45) is 11.1 Å². The van der Waals surface area contributed by atoms with E-state index in [0.717, 1.165) is 11.8 Å². The first-order chi connectivity index (χ1) is 43.4. The molecule has 0 saturated carbocycles. The van der Waals surface area contributed by atoms with Crippen LogP contribution in [0, 0.1) is 10.8 Å². The van der Waals surface area contributed by atoms with Crippen molar-refractivity contribution in [3.63, 3.8) is 0 Å². The first-order valence-corrected chi connectivity index (χ1v) is 30.5. The van der Waals surface area contributed by atoms with Gasteiger partial charge in [0.1, 0.15) is 47.7 Å². The largest absolute Gasteiger partial charge is 0.508 e. The average Bonchev–Trinajstić information content (AvgIpc) is 0.757. The summed E-state index contributed by atoms with van der Waals surface area (Å²) < 4.78 is 6.06. The van der Waals surface area contributed by atoms with Gasteiger partial charge in [-0.3, -0.25) is 34.2 Å². The minimum atomic E-state index is -1.60. The highest BCUT2D eigenvalue weighted by Gasteiger charge is 2.34. The molecule has 0 bridgehead atoms. The molecule has 6 amide bonds. The van der Waals surface area contributed by atoms with E-state index < -0.39 is 101 Å². The van der Waals surface area contributed by atoms with Crippen LogP contribution in [0.15, 0.2) is 95.8 Å². The van der Waals surface area contributed by atoms with Gasteiger partial charge in [-0.15, -0.1) is 0 Å². The number of allylic oxidation sites excluding steroid dienone is 3. The molecule has 5 rings (SSSR count). The number of carbonyl (C=O) groups is 10. The van der Waals surface area contributed by atoms with Crippen molar-refractivity contribution >= 4 is 94.4 Å². The van der Waals surface area contributed by atoms with Gasteiger partial charge in [-0.05, 0) is 156 Å². The number of hydrogen-bond acceptors (Lipinski definition) is 14. The fourth-order valence-electron chi connectivity index (χ4n) is 10.2. The number of aldehydes is 1. The Bertz CT molecular complexity index is 3350. The number of unbranched alkanes of at least 4 members (excludes halogenated alkanes) is 1. The average molecular weight is 1290 g/mol. The summed E-state index contributed by atoms with van der Waals surface area (Å²) in [5.74, 6) is -7.17. The van der Waals surface area contributed by atoms with Gasteiger partial charge < -0.3 is 83.9 Å². The molecule has 3 aromatic carbocycles. The number of aromatic hydroxyl groups is 1. The number of anilines is 1. The molecular weight excluding hydrogens is 1210 g/mol. The maximum Gasteiger partial charge on any atom is 0.336 e. The van der Waals surface area contributed by atoms with E-state index in [0.29, 0.717) is 96.5 Å². The zero-order chi connectivity index (χ0) is 67.9. The molecule has 496 valence electrons. The molecular formula is C64H83N11O16S. The third-order valence-corrected chi connectivity index (χ3v) is 15.4. The number of urea groups is 1. The van der Waals surface area contributed by atoms with E-state index >= 15 is 0 Å². The van der Waals surface area contributed by atoms with Crippen molar-refractivity contribution in [2.45, 2.75) is 160 Å². The Balaban J connectivity index is 1.14. The van der Waals surface area contributed by atoms with E-state index in [2.05, 4.69) is 42.5 Å². The van der Waals surface area contributed by atoms with Gasteiger partial charge in [-0.2, -0.15) is 0 Å². The van der Waals surface area contributed by atoms with Crippen LogP contribution < -0.4 is 58.3 Å². The van der Waals surface area contributed by atoms with E-state index in [4.69, 9.17) is 33.2 Å². The number of aliphatic carboxylic acids is 3. The van der Waals surface area contributed by atoms with Gasteiger partial charge in [-0.1, -0.05) is 50.2 Å².